The second-order valence-electron chi connectivity index (χ2n) is 1.82. The van der Waals surface area contributed by atoms with Crippen molar-refractivity contribution in [3.8, 4) is 12.1 Å². The maximum Gasteiger partial charge on any atom is 0.145 e. The van der Waals surface area contributed by atoms with Gasteiger partial charge in [0.15, 0.2) is 0 Å². The van der Waals surface area contributed by atoms with E-state index in [0.29, 0.717) is 5.76 Å². The van der Waals surface area contributed by atoms with Gasteiger partial charge >= 0.3 is 0 Å². The summed E-state index contributed by atoms with van der Waals surface area (Å²) in [5, 5.41) is 17.0. The third-order valence-electron chi connectivity index (χ3n) is 1.24. The Balaban J connectivity index is 3.37. The van der Waals surface area contributed by atoms with Crippen molar-refractivity contribution in [1.82, 2.24) is 0 Å². The summed E-state index contributed by atoms with van der Waals surface area (Å²) in [7, 11) is 0. The third-order valence-corrected chi connectivity index (χ3v) is 1.24. The number of nitriles is 2. The third kappa shape index (κ3) is 0.997. The monoisotopic (exact) mass is 144 g/mol. The van der Waals surface area contributed by atoms with Crippen molar-refractivity contribution in [2.45, 2.75) is 0 Å². The van der Waals surface area contributed by atoms with Gasteiger partial charge in [-0.1, -0.05) is 6.58 Å². The first-order valence-corrected chi connectivity index (χ1v) is 2.87. The first-order valence-electron chi connectivity index (χ1n) is 2.87. The molecule has 0 aliphatic heterocycles. The van der Waals surface area contributed by atoms with E-state index in [1.807, 2.05) is 12.1 Å². The zero-order chi connectivity index (χ0) is 8.27. The van der Waals surface area contributed by atoms with Crippen LogP contribution in [0.1, 0.15) is 16.9 Å². The topological polar surface area (TPSA) is 60.7 Å². The first kappa shape index (κ1) is 7.11. The quantitative estimate of drug-likeness (QED) is 0.602. The fourth-order valence-electron chi connectivity index (χ4n) is 0.721. The summed E-state index contributed by atoms with van der Waals surface area (Å²) in [6, 6.07) is 3.70. The number of hydrogen-bond acceptors (Lipinski definition) is 3. The van der Waals surface area contributed by atoms with E-state index < -0.39 is 0 Å². The highest BCUT2D eigenvalue weighted by Gasteiger charge is 2.08. The van der Waals surface area contributed by atoms with E-state index in [4.69, 9.17) is 14.9 Å². The molecule has 0 unspecified atom stereocenters. The van der Waals surface area contributed by atoms with Crippen LogP contribution in [0.4, 0.5) is 0 Å². The van der Waals surface area contributed by atoms with Crippen molar-refractivity contribution in [3.63, 3.8) is 0 Å². The van der Waals surface area contributed by atoms with Crippen LogP contribution in [0.25, 0.3) is 6.08 Å². The lowest BCUT2D eigenvalue weighted by Crippen LogP contribution is -1.76. The van der Waals surface area contributed by atoms with Crippen LogP contribution in [0, 0.1) is 22.7 Å². The van der Waals surface area contributed by atoms with E-state index in [2.05, 4.69) is 6.58 Å². The van der Waals surface area contributed by atoms with Gasteiger partial charge in [0.05, 0.1) is 0 Å². The molecule has 11 heavy (non-hydrogen) atoms. The fraction of sp³-hybridized carbons (Fsp3) is 0. The van der Waals surface area contributed by atoms with Gasteiger partial charge in [-0.05, 0) is 6.08 Å². The Labute approximate surface area is 63.8 Å². The summed E-state index contributed by atoms with van der Waals surface area (Å²) >= 11 is 0. The Morgan fingerprint density at radius 1 is 1.45 bits per heavy atom. The lowest BCUT2D eigenvalue weighted by molar-refractivity contribution is 0.555. The molecule has 0 saturated carbocycles. The maximum atomic E-state index is 8.54. The number of nitrogens with zero attached hydrogens (tertiary/aromatic N) is 2. The van der Waals surface area contributed by atoms with E-state index in [1.54, 1.807) is 0 Å². The zero-order valence-corrected chi connectivity index (χ0v) is 5.66. The maximum absolute atomic E-state index is 8.54. The van der Waals surface area contributed by atoms with Gasteiger partial charge in [-0.15, -0.1) is 0 Å². The van der Waals surface area contributed by atoms with E-state index in [1.165, 1.54) is 12.3 Å². The van der Waals surface area contributed by atoms with E-state index >= 15 is 0 Å². The molecule has 0 bridgehead atoms. The fourth-order valence-corrected chi connectivity index (χ4v) is 0.721. The van der Waals surface area contributed by atoms with Gasteiger partial charge in [-0.3, -0.25) is 0 Å². The number of furan rings is 1. The van der Waals surface area contributed by atoms with Crippen molar-refractivity contribution in [2.24, 2.45) is 0 Å². The second-order valence-corrected chi connectivity index (χ2v) is 1.82. The van der Waals surface area contributed by atoms with Gasteiger partial charge < -0.3 is 4.42 Å². The minimum absolute atomic E-state index is 0.252. The van der Waals surface area contributed by atoms with Gasteiger partial charge in [0, 0.05) is 0 Å². The van der Waals surface area contributed by atoms with Crippen molar-refractivity contribution in [3.05, 3.63) is 29.7 Å². The molecule has 0 atom stereocenters. The van der Waals surface area contributed by atoms with Gasteiger partial charge in [0.2, 0.25) is 0 Å². The standard InChI is InChI=1S/C8H4N2O/c1-2-8-7(4-10)6(3-9)5-11-8/h2,5H,1H2. The molecule has 1 rings (SSSR count). The molecule has 1 heterocycles. The molecule has 0 saturated heterocycles. The van der Waals surface area contributed by atoms with Crippen LogP contribution in [-0.4, -0.2) is 0 Å². The Morgan fingerprint density at radius 3 is 2.64 bits per heavy atom. The van der Waals surface area contributed by atoms with Gasteiger partial charge in [0.25, 0.3) is 0 Å². The van der Waals surface area contributed by atoms with Crippen LogP contribution in [0.15, 0.2) is 17.3 Å². The Kier molecular flexibility index (Phi) is 1.76. The van der Waals surface area contributed by atoms with Crippen LogP contribution in [-0.2, 0) is 0 Å². The van der Waals surface area contributed by atoms with Gasteiger partial charge in [-0.2, -0.15) is 10.5 Å². The number of hydrogen-bond donors (Lipinski definition) is 0. The van der Waals surface area contributed by atoms with Gasteiger partial charge in [0.1, 0.15) is 35.3 Å². The molecular formula is C8H4N2O. The van der Waals surface area contributed by atoms with Crippen LogP contribution in [0.2, 0.25) is 0 Å². The molecule has 3 nitrogen and oxygen atoms in total. The number of rotatable bonds is 1. The smallest absolute Gasteiger partial charge is 0.145 e. The normalized spacial score (nSPS) is 8.18. The molecular weight excluding hydrogens is 140 g/mol. The highest BCUT2D eigenvalue weighted by Crippen LogP contribution is 2.15. The molecule has 0 aliphatic rings. The molecule has 0 aliphatic carbocycles. The average Bonchev–Trinajstić information content (AvgIpc) is 2.45. The first-order chi connectivity index (χ1) is 5.33. The highest BCUT2D eigenvalue weighted by molar-refractivity contribution is 5.57. The molecule has 0 spiro atoms. The lowest BCUT2D eigenvalue weighted by atomic mass is 10.2. The molecule has 1 aromatic rings. The van der Waals surface area contributed by atoms with E-state index in [9.17, 15) is 0 Å². The summed E-state index contributed by atoms with van der Waals surface area (Å²) in [4.78, 5) is 0. The van der Waals surface area contributed by atoms with E-state index in [0.717, 1.165) is 0 Å². The second kappa shape index (κ2) is 2.72. The SMILES string of the molecule is C=Cc1occ(C#N)c1C#N. The predicted octanol–water partition coefficient (Wildman–Crippen LogP) is 1.67. The van der Waals surface area contributed by atoms with Gasteiger partial charge in [-0.25, -0.2) is 0 Å². The summed E-state index contributed by atoms with van der Waals surface area (Å²) in [5.74, 6) is 0.351. The minimum Gasteiger partial charge on any atom is -0.462 e. The van der Waals surface area contributed by atoms with Crippen LogP contribution < -0.4 is 0 Å². The summed E-state index contributed by atoms with van der Waals surface area (Å²) in [6.45, 7) is 3.43. The Morgan fingerprint density at radius 2 is 2.18 bits per heavy atom. The molecule has 0 fully saturated rings. The molecule has 3 heteroatoms. The summed E-state index contributed by atoms with van der Waals surface area (Å²) < 4.78 is 4.86. The van der Waals surface area contributed by atoms with Crippen LogP contribution in [0.3, 0.4) is 0 Å². The van der Waals surface area contributed by atoms with Crippen molar-refractivity contribution < 1.29 is 4.42 Å². The van der Waals surface area contributed by atoms with Crippen molar-refractivity contribution >= 4 is 6.08 Å². The average molecular weight is 144 g/mol. The molecule has 0 radical (unpaired) electrons. The molecule has 1 aromatic heterocycles. The highest BCUT2D eigenvalue weighted by atomic mass is 16.3. The summed E-state index contributed by atoms with van der Waals surface area (Å²) in [6.07, 6.45) is 2.65. The largest absolute Gasteiger partial charge is 0.462 e. The Hall–Kier alpha value is -2.00. The summed E-state index contributed by atoms with van der Waals surface area (Å²) in [5.41, 5.74) is 0.505. The minimum atomic E-state index is 0.252. The molecule has 0 aromatic carbocycles. The predicted molar refractivity (Wildman–Crippen MR) is 38.2 cm³/mol. The molecule has 52 valence electrons. The van der Waals surface area contributed by atoms with Crippen LogP contribution >= 0.6 is 0 Å². The Bertz CT molecular complexity index is 362. The van der Waals surface area contributed by atoms with Crippen molar-refractivity contribution in [1.29, 1.82) is 10.5 Å². The zero-order valence-electron chi connectivity index (χ0n) is 5.66. The van der Waals surface area contributed by atoms with Crippen molar-refractivity contribution in [2.75, 3.05) is 0 Å². The molecule has 0 N–H and O–H groups in total. The van der Waals surface area contributed by atoms with Crippen LogP contribution in [0.5, 0.6) is 0 Å². The van der Waals surface area contributed by atoms with E-state index in [-0.39, 0.29) is 11.1 Å². The molecule has 0 amide bonds. The lowest BCUT2D eigenvalue weighted by Gasteiger charge is -1.81.